The third-order valence-electron chi connectivity index (χ3n) is 5.54. The van der Waals surface area contributed by atoms with E-state index in [9.17, 15) is 9.59 Å². The average Bonchev–Trinajstić information content (AvgIpc) is 2.80. The number of nitrogens with zero attached hydrogens (tertiary/aromatic N) is 3. The zero-order chi connectivity index (χ0) is 24.2. The highest BCUT2D eigenvalue weighted by atomic mass is 16.5. The minimum Gasteiger partial charge on any atom is -0.493 e. The Morgan fingerprint density at radius 3 is 2.50 bits per heavy atom. The van der Waals surface area contributed by atoms with Crippen molar-refractivity contribution in [1.29, 1.82) is 0 Å². The number of nitrogens with one attached hydrogen (secondary N) is 1. The van der Waals surface area contributed by atoms with E-state index in [1.54, 1.807) is 19.2 Å². The molecule has 2 heterocycles. The largest absolute Gasteiger partial charge is 0.493 e. The molecule has 2 aromatic rings. The molecule has 1 N–H and O–H groups in total. The van der Waals surface area contributed by atoms with Crippen molar-refractivity contribution >= 4 is 28.3 Å². The normalized spacial score (nSPS) is 20.8. The van der Waals surface area contributed by atoms with Crippen LogP contribution in [0, 0.1) is 0 Å². The molecule has 34 heavy (non-hydrogen) atoms. The van der Waals surface area contributed by atoms with Gasteiger partial charge in [0.05, 0.1) is 42.8 Å². The van der Waals surface area contributed by atoms with Gasteiger partial charge in [0, 0.05) is 43.8 Å². The first kappa shape index (κ1) is 23.7. The molecular weight excluding hydrogens is 440 g/mol. The molecule has 10 heteroatoms. The van der Waals surface area contributed by atoms with Crippen LogP contribution < -0.4 is 14.8 Å². The molecule has 0 radical (unpaired) electrons. The van der Waals surface area contributed by atoms with Crippen LogP contribution >= 0.6 is 0 Å². The van der Waals surface area contributed by atoms with Gasteiger partial charge >= 0.3 is 0 Å². The summed E-state index contributed by atoms with van der Waals surface area (Å²) in [6.07, 6.45) is 4.02. The van der Waals surface area contributed by atoms with Gasteiger partial charge in [0.25, 0.3) is 0 Å². The SMILES string of the molecule is COCCOc1cc2ncnc(NC3=CC(=O)C(N4C[C@@H](C)O[C@@H](C)C4)=CC3=O)c2cc1OC. The molecule has 1 fully saturated rings. The molecular formula is C24H28N4O6. The summed E-state index contributed by atoms with van der Waals surface area (Å²) in [5, 5.41) is 3.62. The van der Waals surface area contributed by atoms with Gasteiger partial charge in [-0.1, -0.05) is 0 Å². The first-order chi connectivity index (χ1) is 16.4. The Hall–Kier alpha value is -3.50. The number of allylic oxidation sites excluding steroid dienone is 2. The first-order valence-electron chi connectivity index (χ1n) is 11.0. The van der Waals surface area contributed by atoms with Crippen molar-refractivity contribution < 1.29 is 28.5 Å². The lowest BCUT2D eigenvalue weighted by Gasteiger charge is -2.37. The average molecular weight is 469 g/mol. The zero-order valence-electron chi connectivity index (χ0n) is 19.7. The van der Waals surface area contributed by atoms with Gasteiger partial charge in [-0.25, -0.2) is 9.97 Å². The Balaban J connectivity index is 1.58. The summed E-state index contributed by atoms with van der Waals surface area (Å²) < 4.78 is 21.9. The molecule has 1 saturated heterocycles. The minimum atomic E-state index is -0.306. The molecule has 0 spiro atoms. The third-order valence-corrected chi connectivity index (χ3v) is 5.54. The predicted octanol–water partition coefficient (Wildman–Crippen LogP) is 2.10. The van der Waals surface area contributed by atoms with Gasteiger partial charge in [-0.3, -0.25) is 9.59 Å². The van der Waals surface area contributed by atoms with Crippen molar-refractivity contribution in [3.05, 3.63) is 42.0 Å². The van der Waals surface area contributed by atoms with Gasteiger partial charge in [0.15, 0.2) is 11.5 Å². The summed E-state index contributed by atoms with van der Waals surface area (Å²) in [6.45, 7) is 5.79. The maximum absolute atomic E-state index is 12.9. The second kappa shape index (κ2) is 10.2. The zero-order valence-corrected chi connectivity index (χ0v) is 19.7. The summed E-state index contributed by atoms with van der Waals surface area (Å²) >= 11 is 0. The number of ketones is 2. The van der Waals surface area contributed by atoms with E-state index in [4.69, 9.17) is 18.9 Å². The number of benzene rings is 1. The molecule has 180 valence electrons. The van der Waals surface area contributed by atoms with Crippen LogP contribution in [0.4, 0.5) is 5.82 Å². The van der Waals surface area contributed by atoms with Gasteiger partial charge in [-0.15, -0.1) is 0 Å². The highest BCUT2D eigenvalue weighted by molar-refractivity contribution is 6.21. The van der Waals surface area contributed by atoms with Crippen LogP contribution in [-0.2, 0) is 19.1 Å². The van der Waals surface area contributed by atoms with Crippen LogP contribution in [0.5, 0.6) is 11.5 Å². The van der Waals surface area contributed by atoms with E-state index in [1.807, 2.05) is 18.7 Å². The number of morpholine rings is 1. The van der Waals surface area contributed by atoms with Gasteiger partial charge in [0.2, 0.25) is 11.6 Å². The Morgan fingerprint density at radius 1 is 1.03 bits per heavy atom. The fraction of sp³-hybridized carbons (Fsp3) is 0.417. The van der Waals surface area contributed by atoms with Crippen LogP contribution in [0.2, 0.25) is 0 Å². The molecule has 2 atom stereocenters. The Bertz CT molecular complexity index is 1150. The molecule has 1 aromatic carbocycles. The van der Waals surface area contributed by atoms with Crippen molar-refractivity contribution in [3.8, 4) is 11.5 Å². The van der Waals surface area contributed by atoms with Gasteiger partial charge in [-0.05, 0) is 19.9 Å². The van der Waals surface area contributed by atoms with Crippen LogP contribution in [0.15, 0.2) is 42.0 Å². The van der Waals surface area contributed by atoms with Crippen molar-refractivity contribution in [2.75, 3.05) is 45.8 Å². The molecule has 1 aliphatic carbocycles. The van der Waals surface area contributed by atoms with Crippen LogP contribution in [0.1, 0.15) is 13.8 Å². The lowest BCUT2D eigenvalue weighted by Crippen LogP contribution is -2.46. The first-order valence-corrected chi connectivity index (χ1v) is 11.0. The number of rotatable bonds is 8. The molecule has 1 aliphatic heterocycles. The fourth-order valence-corrected chi connectivity index (χ4v) is 4.07. The molecule has 1 aromatic heterocycles. The number of aromatic nitrogens is 2. The van der Waals surface area contributed by atoms with Crippen LogP contribution in [0.25, 0.3) is 10.9 Å². The van der Waals surface area contributed by atoms with Gasteiger partial charge in [-0.2, -0.15) is 0 Å². The maximum Gasteiger partial charge on any atom is 0.204 e. The van der Waals surface area contributed by atoms with E-state index in [0.717, 1.165) is 0 Å². The summed E-state index contributed by atoms with van der Waals surface area (Å²) in [7, 11) is 3.13. The Morgan fingerprint density at radius 2 is 1.79 bits per heavy atom. The van der Waals surface area contributed by atoms with Crippen molar-refractivity contribution in [3.63, 3.8) is 0 Å². The topological polar surface area (TPSA) is 112 Å². The van der Waals surface area contributed by atoms with E-state index in [1.165, 1.54) is 25.6 Å². The lowest BCUT2D eigenvalue weighted by atomic mass is 10.0. The number of hydrogen-bond donors (Lipinski definition) is 1. The second-order valence-electron chi connectivity index (χ2n) is 8.19. The van der Waals surface area contributed by atoms with Crippen molar-refractivity contribution in [2.45, 2.75) is 26.1 Å². The van der Waals surface area contributed by atoms with Gasteiger partial charge in [0.1, 0.15) is 18.8 Å². The molecule has 4 rings (SSSR count). The summed E-state index contributed by atoms with van der Waals surface area (Å²) in [6, 6.07) is 3.46. The number of ether oxygens (including phenoxy) is 4. The lowest BCUT2D eigenvalue weighted by molar-refractivity contribution is -0.118. The Kier molecular flexibility index (Phi) is 7.09. The summed E-state index contributed by atoms with van der Waals surface area (Å²) in [5.74, 6) is 0.832. The monoisotopic (exact) mass is 468 g/mol. The van der Waals surface area contributed by atoms with E-state index >= 15 is 0 Å². The third kappa shape index (κ3) is 5.02. The highest BCUT2D eigenvalue weighted by Gasteiger charge is 2.30. The van der Waals surface area contributed by atoms with E-state index in [0.29, 0.717) is 60.2 Å². The number of anilines is 1. The fourth-order valence-electron chi connectivity index (χ4n) is 4.07. The van der Waals surface area contributed by atoms with Gasteiger partial charge < -0.3 is 29.2 Å². The minimum absolute atomic E-state index is 0.0261. The molecule has 0 bridgehead atoms. The van der Waals surface area contributed by atoms with Crippen LogP contribution in [0.3, 0.4) is 0 Å². The van der Waals surface area contributed by atoms with Crippen molar-refractivity contribution in [2.24, 2.45) is 0 Å². The smallest absolute Gasteiger partial charge is 0.204 e. The number of carbonyl (C=O) groups excluding carboxylic acids is 2. The van der Waals surface area contributed by atoms with E-state index in [-0.39, 0.29) is 29.5 Å². The predicted molar refractivity (Wildman–Crippen MR) is 125 cm³/mol. The number of carbonyl (C=O) groups is 2. The quantitative estimate of drug-likeness (QED) is 0.457. The number of hydrogen-bond acceptors (Lipinski definition) is 10. The maximum atomic E-state index is 12.9. The van der Waals surface area contributed by atoms with E-state index in [2.05, 4.69) is 15.3 Å². The second-order valence-corrected chi connectivity index (χ2v) is 8.19. The molecule has 10 nitrogen and oxygen atoms in total. The molecule has 0 unspecified atom stereocenters. The highest BCUT2D eigenvalue weighted by Crippen LogP contribution is 2.34. The molecule has 0 amide bonds. The number of fused-ring (bicyclic) bond motifs is 1. The van der Waals surface area contributed by atoms with Crippen molar-refractivity contribution in [1.82, 2.24) is 14.9 Å². The molecule has 0 saturated carbocycles. The van der Waals surface area contributed by atoms with E-state index < -0.39 is 0 Å². The standard InChI is InChI=1S/C24H28N4O6/c1-14-11-28(12-15(2)34-14)19-10-20(29)18(8-21(19)30)27-24-16-7-22(32-4)23(33-6-5-31-3)9-17(16)25-13-26-24/h7-10,13-15H,5-6,11-12H2,1-4H3,(H,25,26,27)/t14-,15+. The summed E-state index contributed by atoms with van der Waals surface area (Å²) in [5.41, 5.74) is 1.11. The summed E-state index contributed by atoms with van der Waals surface area (Å²) in [4.78, 5) is 36.3. The number of methoxy groups -OCH3 is 2. The van der Waals surface area contributed by atoms with Crippen LogP contribution in [-0.4, -0.2) is 79.2 Å². The Labute approximate surface area is 197 Å². The molecule has 2 aliphatic rings.